The van der Waals surface area contributed by atoms with Crippen LogP contribution in [0, 0.1) is 38.5 Å². The standard InChI is InChI=1S/C28H34O5.C27H32O5.C26H30O6.C21H24O5.C20H22O6/c1-16(2)8-9-19(17(3)4)13-22-23(29)14-26(32-7)27-24(30)15-25(33-28(22)27)21-11-10-20(31-6)12-18(21)5;1-15(2)7-8-18(16(3)4)12-21-22(28)13-23(29)26-24(30)14-25(32-27(21)26)20-10-9-19(31-6)11-17(20)5;1-14(2)6-7-16(15(3)4)10-19-21(29)12-24(31-5)25-22(30)13-23(32-26(19)25)18-9-8-17(27)11-20(18)28;1-14-3-4-15(11-20(14)25)5-8-17(22)13-18(23)9-6-16-7-10-19(24)21(12-16)26-2;1-26-20-11-14(5-9-18(20)24)3-7-16(22)12-15(21)6-2-13-4-8-17(23)19(25)10-13/h8,10-12,14,19,25,29H,3,9,13,15H2,1-2,4-7H3;7,9-11,13,18,25,28-29H,3,8,12,14H2,1-2,4-6H3;6,8-9,11-12,16,23,27-29H,3,7,10,13H2,1-2,4-5H3;3-4,7,10-12,24-25H,5-6,8-9,13H2,1-2H3;4-5,8-11,23-25H,2-3,6-7,12H2,1H3/t19?,25-;18?,25-;16?,23-;;/m001../s1. The highest BCUT2D eigenvalue weighted by atomic mass is 16.5. The van der Waals surface area contributed by atoms with E-state index in [0.29, 0.717) is 95.8 Å². The molecule has 0 saturated heterocycles. The molecular formula is C122H142O27. The summed E-state index contributed by atoms with van der Waals surface area (Å²) in [4.78, 5) is 87.4. The van der Waals surface area contributed by atoms with E-state index in [9.17, 15) is 89.7 Å². The first-order valence-electron chi connectivity index (χ1n) is 49.5. The molecule has 6 atom stereocenters. The minimum atomic E-state index is -0.762. The topological polar surface area (TPSA) is 425 Å². The van der Waals surface area contributed by atoms with Crippen LogP contribution in [-0.2, 0) is 64.1 Å². The van der Waals surface area contributed by atoms with E-state index in [1.165, 1.54) is 106 Å². The van der Waals surface area contributed by atoms with Gasteiger partial charge < -0.3 is 98.8 Å². The number of ether oxygens (including phenoxy) is 9. The zero-order valence-corrected chi connectivity index (χ0v) is 88.6. The van der Waals surface area contributed by atoms with Crippen molar-refractivity contribution in [1.29, 1.82) is 0 Å². The van der Waals surface area contributed by atoms with Gasteiger partial charge in [0, 0.05) is 72.2 Å². The summed E-state index contributed by atoms with van der Waals surface area (Å²) in [6.45, 7) is 36.3. The van der Waals surface area contributed by atoms with Gasteiger partial charge in [-0.05, 0) is 294 Å². The summed E-state index contributed by atoms with van der Waals surface area (Å²) >= 11 is 0. The maximum Gasteiger partial charge on any atom is 0.174 e. The van der Waals surface area contributed by atoms with Crippen LogP contribution in [0.4, 0.5) is 0 Å². The van der Waals surface area contributed by atoms with Crippen LogP contribution in [-0.4, -0.2) is 139 Å². The van der Waals surface area contributed by atoms with E-state index in [1.807, 2.05) is 118 Å². The number of phenolic OH excluding ortho intramolecular Hbond substituents is 11. The molecule has 792 valence electrons. The van der Waals surface area contributed by atoms with Gasteiger partial charge in [0.15, 0.2) is 51.8 Å². The van der Waals surface area contributed by atoms with Crippen molar-refractivity contribution in [2.75, 3.05) is 42.7 Å². The number of aromatic hydroxyl groups is 11. The maximum atomic E-state index is 13.3. The zero-order chi connectivity index (χ0) is 110. The Hall–Kier alpha value is -15.7. The molecule has 3 unspecified atom stereocenters. The van der Waals surface area contributed by atoms with Crippen molar-refractivity contribution in [3.63, 3.8) is 0 Å². The molecule has 10 aromatic rings. The SMILES string of the molecule is C=C(C)C(CC=C(C)C)Cc1c(O)cc(O)c2c1O[C@H](c1ccc(OC)cc1C)CC2=O.C=C(C)C(CC=C(C)C)Cc1c(O)cc(OC)c2c1O[C@@H](c1ccc(O)cc1O)CC2=O.C=C(C)C(CC=C(C)C)Cc1c(O)cc(OC)c2c1O[C@H](c1ccc(OC)cc1C)CC2=O.COc1cc(CCC(=O)CC(=O)CCc2ccc(C)c(O)c2)ccc1O.COc1cc(CCC(=O)CC(=O)CCc2ccc(O)c(O)c2)ccc1O. The number of rotatable bonds is 40. The summed E-state index contributed by atoms with van der Waals surface area (Å²) in [5.41, 5.74) is 17.3. The van der Waals surface area contributed by atoms with Crippen LogP contribution in [0.25, 0.3) is 0 Å². The van der Waals surface area contributed by atoms with E-state index in [1.54, 1.807) is 50.6 Å². The number of aryl methyl sites for hydroxylation is 7. The van der Waals surface area contributed by atoms with Crippen molar-refractivity contribution in [2.24, 2.45) is 17.8 Å². The van der Waals surface area contributed by atoms with Crippen molar-refractivity contribution < 1.29 is 132 Å². The number of benzene rings is 10. The average molecular weight is 2040 g/mol. The molecule has 10 aromatic carbocycles. The highest BCUT2D eigenvalue weighted by Crippen LogP contribution is 2.53. The Morgan fingerprint density at radius 1 is 0.322 bits per heavy atom. The molecule has 0 aliphatic carbocycles. The summed E-state index contributed by atoms with van der Waals surface area (Å²) < 4.78 is 50.5. The van der Waals surface area contributed by atoms with Crippen molar-refractivity contribution in [1.82, 2.24) is 0 Å². The first kappa shape index (κ1) is 117. The molecule has 27 nitrogen and oxygen atoms in total. The van der Waals surface area contributed by atoms with Crippen molar-refractivity contribution in [3.05, 3.63) is 306 Å². The highest BCUT2D eigenvalue weighted by Gasteiger charge is 2.40. The van der Waals surface area contributed by atoms with Gasteiger partial charge in [-0.15, -0.1) is 0 Å². The summed E-state index contributed by atoms with van der Waals surface area (Å²) in [5.74, 6) is 2.26. The molecule has 11 N–H and O–H groups in total. The van der Waals surface area contributed by atoms with Crippen LogP contribution in [0.2, 0.25) is 0 Å². The molecule has 13 rings (SSSR count). The Bertz CT molecular complexity index is 6530. The highest BCUT2D eigenvalue weighted by molar-refractivity contribution is 6.06. The molecule has 0 fully saturated rings. The molecule has 0 spiro atoms. The Morgan fingerprint density at radius 3 is 0.973 bits per heavy atom. The van der Waals surface area contributed by atoms with Crippen LogP contribution >= 0.6 is 0 Å². The molecule has 149 heavy (non-hydrogen) atoms. The second-order valence-corrected chi connectivity index (χ2v) is 38.8. The van der Waals surface area contributed by atoms with Crippen LogP contribution in [0.1, 0.15) is 261 Å². The lowest BCUT2D eigenvalue weighted by Crippen LogP contribution is -2.23. The molecule has 3 aliphatic rings. The fraction of sp³-hybridized carbons (Fsp3) is 0.352. The van der Waals surface area contributed by atoms with Crippen LogP contribution in [0.15, 0.2) is 217 Å². The molecule has 0 saturated carbocycles. The number of ketones is 7. The predicted octanol–water partition coefficient (Wildman–Crippen LogP) is 24.8. The number of allylic oxidation sites excluding steroid dienone is 9. The lowest BCUT2D eigenvalue weighted by molar-refractivity contribution is -0.128. The van der Waals surface area contributed by atoms with E-state index in [-0.39, 0.29) is 208 Å². The Labute approximate surface area is 872 Å². The lowest BCUT2D eigenvalue weighted by Gasteiger charge is -2.30. The zero-order valence-electron chi connectivity index (χ0n) is 88.6. The quantitative estimate of drug-likeness (QED) is 0.00965. The number of hydrogen-bond acceptors (Lipinski definition) is 27. The number of methoxy groups -OCH3 is 6. The molecule has 0 radical (unpaired) electrons. The van der Waals surface area contributed by atoms with Crippen molar-refractivity contribution in [3.8, 4) is 115 Å². The van der Waals surface area contributed by atoms with Gasteiger partial charge in [0.2, 0.25) is 0 Å². The van der Waals surface area contributed by atoms with Crippen molar-refractivity contribution in [2.45, 2.75) is 223 Å². The predicted molar refractivity (Wildman–Crippen MR) is 574 cm³/mol. The third-order valence-electron chi connectivity index (χ3n) is 26.4. The fourth-order valence-corrected chi connectivity index (χ4v) is 17.5. The third kappa shape index (κ3) is 32.7. The Balaban J connectivity index is 0.000000208. The van der Waals surface area contributed by atoms with Gasteiger partial charge in [-0.3, -0.25) is 33.6 Å². The van der Waals surface area contributed by atoms with Crippen LogP contribution < -0.4 is 42.6 Å². The summed E-state index contributed by atoms with van der Waals surface area (Å²) in [7, 11) is 9.09. The second kappa shape index (κ2) is 54.7. The van der Waals surface area contributed by atoms with Gasteiger partial charge in [0.1, 0.15) is 139 Å². The summed E-state index contributed by atoms with van der Waals surface area (Å²) in [6, 6.07) is 39.3. The lowest BCUT2D eigenvalue weighted by atomic mass is 9.86. The third-order valence-corrected chi connectivity index (χ3v) is 26.4. The number of phenols is 11. The minimum Gasteiger partial charge on any atom is -0.508 e. The summed E-state index contributed by atoms with van der Waals surface area (Å²) in [5, 5.41) is 110. The number of fused-ring (bicyclic) bond motifs is 3. The van der Waals surface area contributed by atoms with Crippen molar-refractivity contribution >= 4 is 40.5 Å². The number of hydrogen-bond donors (Lipinski definition) is 11. The number of carbonyl (C=O) groups is 7. The van der Waals surface area contributed by atoms with Gasteiger partial charge >= 0.3 is 0 Å². The van der Waals surface area contributed by atoms with E-state index in [2.05, 4.69) is 51.8 Å². The molecule has 3 aliphatic heterocycles. The van der Waals surface area contributed by atoms with Gasteiger partial charge in [0.25, 0.3) is 0 Å². The Kier molecular flexibility index (Phi) is 42.9. The minimum absolute atomic E-state index is 0.00636. The molecular weight excluding hydrogens is 1900 g/mol. The fourth-order valence-electron chi connectivity index (χ4n) is 17.5. The molecule has 0 bridgehead atoms. The van der Waals surface area contributed by atoms with E-state index < -0.39 is 18.3 Å². The molecule has 0 amide bonds. The second-order valence-electron chi connectivity index (χ2n) is 38.8. The average Bonchev–Trinajstić information content (AvgIpc) is 0.762. The van der Waals surface area contributed by atoms with Gasteiger partial charge in [0.05, 0.1) is 74.8 Å². The van der Waals surface area contributed by atoms with E-state index in [0.717, 1.165) is 97.6 Å². The Morgan fingerprint density at radius 2 is 0.644 bits per heavy atom. The first-order valence-corrected chi connectivity index (χ1v) is 49.5. The largest absolute Gasteiger partial charge is 0.508 e. The molecule has 27 heteroatoms. The number of carbonyl (C=O) groups excluding carboxylic acids is 7. The smallest absolute Gasteiger partial charge is 0.174 e. The first-order chi connectivity index (χ1) is 70.7. The van der Waals surface area contributed by atoms with Gasteiger partial charge in [-0.25, -0.2) is 0 Å². The number of Topliss-reactive ketones (excluding diaryl/α,β-unsaturated/α-hetero) is 7. The molecule has 0 aromatic heterocycles. The normalized spacial score (nSPS) is 14.1. The van der Waals surface area contributed by atoms with Gasteiger partial charge in [-0.2, -0.15) is 0 Å². The van der Waals surface area contributed by atoms with E-state index in [4.69, 9.17) is 42.6 Å². The molecule has 3 heterocycles. The van der Waals surface area contributed by atoms with E-state index >= 15 is 0 Å². The van der Waals surface area contributed by atoms with Gasteiger partial charge in [-0.1, -0.05) is 114 Å². The summed E-state index contributed by atoms with van der Waals surface area (Å²) in [6.07, 6.45) is 11.3. The monoisotopic (exact) mass is 2040 g/mol. The maximum absolute atomic E-state index is 13.3. The van der Waals surface area contributed by atoms with Crippen LogP contribution in [0.3, 0.4) is 0 Å². The van der Waals surface area contributed by atoms with Crippen LogP contribution in [0.5, 0.6) is 115 Å².